The van der Waals surface area contributed by atoms with Gasteiger partial charge in [-0.2, -0.15) is 5.26 Å². The van der Waals surface area contributed by atoms with Gasteiger partial charge in [0.25, 0.3) is 21.6 Å². The van der Waals surface area contributed by atoms with Gasteiger partial charge in [0.05, 0.1) is 27.5 Å². The average molecular weight is 614 g/mol. The Morgan fingerprint density at radius 1 is 0.955 bits per heavy atom. The lowest BCUT2D eigenvalue weighted by Gasteiger charge is -2.14. The Labute approximate surface area is 255 Å². The highest BCUT2D eigenvalue weighted by molar-refractivity contribution is 7.90. The lowest BCUT2D eigenvalue weighted by atomic mass is 10.1. The summed E-state index contributed by atoms with van der Waals surface area (Å²) in [6, 6.07) is 27.9. The lowest BCUT2D eigenvalue weighted by molar-refractivity contribution is -0.384. The number of hydrogen-bond donors (Lipinski definition) is 3. The van der Waals surface area contributed by atoms with Crippen LogP contribution in [0.2, 0.25) is 0 Å². The van der Waals surface area contributed by atoms with Crippen LogP contribution in [-0.2, 0) is 34.3 Å². The third-order valence-corrected chi connectivity index (χ3v) is 8.06. The summed E-state index contributed by atoms with van der Waals surface area (Å²) in [7, 11) is -4.43. The molecule has 0 fully saturated rings. The highest BCUT2D eigenvalue weighted by Gasteiger charge is 2.25. The normalized spacial score (nSPS) is 11.6. The minimum absolute atomic E-state index is 0.0449. The number of nitrogens with one attached hydrogen (secondary N) is 2. The second-order valence-corrected chi connectivity index (χ2v) is 11.7. The van der Waals surface area contributed by atoms with Crippen molar-refractivity contribution in [2.75, 3.05) is 11.9 Å². The van der Waals surface area contributed by atoms with E-state index in [0.29, 0.717) is 36.4 Å². The summed E-state index contributed by atoms with van der Waals surface area (Å²) in [5.74, 6) is -0.369. The Morgan fingerprint density at radius 3 is 2.30 bits per heavy atom. The first-order valence-corrected chi connectivity index (χ1v) is 15.2. The van der Waals surface area contributed by atoms with Crippen LogP contribution < -0.4 is 20.5 Å². The van der Waals surface area contributed by atoms with E-state index in [-0.39, 0.29) is 12.1 Å². The first kappa shape index (κ1) is 31.7. The van der Waals surface area contributed by atoms with E-state index >= 15 is 0 Å². The van der Waals surface area contributed by atoms with Gasteiger partial charge < -0.3 is 15.8 Å². The van der Waals surface area contributed by atoms with Crippen molar-refractivity contribution in [2.24, 2.45) is 5.73 Å². The molecule has 12 heteroatoms. The average Bonchev–Trinajstić information content (AvgIpc) is 3.03. The molecule has 4 aromatic rings. The maximum Gasteiger partial charge on any atom is 0.293 e. The maximum atomic E-state index is 12.9. The summed E-state index contributed by atoms with van der Waals surface area (Å²) in [6.07, 6.45) is 1.53. The second kappa shape index (κ2) is 14.8. The number of carbonyl (C=O) groups is 1. The standard InChI is InChI=1S/C32H31N5O6S/c33-21-25-8-10-26(11-9-25)22-43-27-14-12-24(13-15-27)19-29(34)32(38)36-44(41,42)28-16-17-30(31(20-28)37(39)40)35-18-4-7-23-5-2-1-3-6-23/h1-3,5-6,8-17,20,29,35H,4,7,18-19,22,34H2,(H,36,38)/t29-/m0/s1. The molecule has 0 radical (unpaired) electrons. The molecule has 0 aliphatic carbocycles. The summed E-state index contributed by atoms with van der Waals surface area (Å²) < 4.78 is 33.5. The van der Waals surface area contributed by atoms with E-state index in [9.17, 15) is 23.3 Å². The molecular weight excluding hydrogens is 582 g/mol. The molecule has 1 atom stereocenters. The van der Waals surface area contributed by atoms with Crippen molar-refractivity contribution in [1.82, 2.24) is 4.72 Å². The van der Waals surface area contributed by atoms with Crippen LogP contribution in [0, 0.1) is 21.4 Å². The van der Waals surface area contributed by atoms with Crippen LogP contribution in [0.4, 0.5) is 11.4 Å². The molecule has 44 heavy (non-hydrogen) atoms. The predicted molar refractivity (Wildman–Crippen MR) is 165 cm³/mol. The number of nitriles is 1. The lowest BCUT2D eigenvalue weighted by Crippen LogP contribution is -2.44. The number of nitrogens with two attached hydrogens (primary N) is 1. The number of benzene rings is 4. The number of nitro groups is 1. The first-order chi connectivity index (χ1) is 21.1. The van der Waals surface area contributed by atoms with Crippen LogP contribution in [0.5, 0.6) is 5.75 Å². The van der Waals surface area contributed by atoms with Crippen molar-refractivity contribution in [2.45, 2.75) is 36.8 Å². The van der Waals surface area contributed by atoms with Gasteiger partial charge in [-0.15, -0.1) is 0 Å². The van der Waals surface area contributed by atoms with Crippen LogP contribution in [0.3, 0.4) is 0 Å². The van der Waals surface area contributed by atoms with Crippen LogP contribution in [0.25, 0.3) is 0 Å². The molecule has 0 saturated carbocycles. The van der Waals surface area contributed by atoms with Gasteiger partial charge in [-0.05, 0) is 72.4 Å². The molecule has 0 bridgehead atoms. The van der Waals surface area contributed by atoms with Crippen molar-refractivity contribution in [3.05, 3.63) is 129 Å². The van der Waals surface area contributed by atoms with Crippen LogP contribution in [-0.4, -0.2) is 31.8 Å². The Hall–Kier alpha value is -5.25. The van der Waals surface area contributed by atoms with Gasteiger partial charge in [0.1, 0.15) is 18.0 Å². The number of sulfonamides is 1. The summed E-state index contributed by atoms with van der Waals surface area (Å²) in [6.45, 7) is 0.742. The first-order valence-electron chi connectivity index (χ1n) is 13.7. The van der Waals surface area contributed by atoms with Gasteiger partial charge in [0, 0.05) is 12.6 Å². The molecule has 4 rings (SSSR count). The summed E-state index contributed by atoms with van der Waals surface area (Å²) in [5, 5.41) is 23.6. The van der Waals surface area contributed by atoms with E-state index in [1.807, 2.05) is 35.1 Å². The van der Waals surface area contributed by atoms with E-state index in [1.165, 1.54) is 12.1 Å². The number of hydrogen-bond acceptors (Lipinski definition) is 9. The Bertz CT molecular complexity index is 1740. The van der Waals surface area contributed by atoms with Crippen molar-refractivity contribution in [3.8, 4) is 11.8 Å². The molecule has 1 amide bonds. The largest absolute Gasteiger partial charge is 0.489 e. The summed E-state index contributed by atoms with van der Waals surface area (Å²) in [4.78, 5) is 23.3. The van der Waals surface area contributed by atoms with Crippen LogP contribution in [0.15, 0.2) is 102 Å². The zero-order chi connectivity index (χ0) is 31.5. The molecular formula is C32H31N5O6S. The summed E-state index contributed by atoms with van der Waals surface area (Å²) in [5.41, 5.74) is 9.01. The molecule has 4 N–H and O–H groups in total. The topological polar surface area (TPSA) is 177 Å². The van der Waals surface area contributed by atoms with Crippen LogP contribution >= 0.6 is 0 Å². The molecule has 0 aliphatic heterocycles. The van der Waals surface area contributed by atoms with Gasteiger partial charge in [0.2, 0.25) is 0 Å². The molecule has 4 aromatic carbocycles. The Morgan fingerprint density at radius 2 is 1.64 bits per heavy atom. The number of amides is 1. The van der Waals surface area contributed by atoms with E-state index < -0.39 is 37.5 Å². The van der Waals surface area contributed by atoms with E-state index in [1.54, 1.807) is 48.5 Å². The molecule has 0 aromatic heterocycles. The van der Waals surface area contributed by atoms with Crippen LogP contribution in [0.1, 0.15) is 28.7 Å². The third kappa shape index (κ3) is 8.87. The molecule has 226 valence electrons. The van der Waals surface area contributed by atoms with Gasteiger partial charge in [0.15, 0.2) is 0 Å². The molecule has 0 saturated heterocycles. The van der Waals surface area contributed by atoms with Gasteiger partial charge >= 0.3 is 0 Å². The van der Waals surface area contributed by atoms with E-state index in [2.05, 4.69) is 11.4 Å². The van der Waals surface area contributed by atoms with E-state index in [4.69, 9.17) is 15.7 Å². The number of nitro benzene ring substituents is 1. The molecule has 0 heterocycles. The van der Waals surface area contributed by atoms with Gasteiger partial charge in [-0.3, -0.25) is 14.9 Å². The highest BCUT2D eigenvalue weighted by atomic mass is 32.2. The number of rotatable bonds is 14. The maximum absolute atomic E-state index is 12.9. The smallest absolute Gasteiger partial charge is 0.293 e. The number of anilines is 1. The molecule has 0 aliphatic rings. The zero-order valence-electron chi connectivity index (χ0n) is 23.7. The van der Waals surface area contributed by atoms with Crippen molar-refractivity contribution >= 4 is 27.3 Å². The number of ether oxygens (including phenoxy) is 1. The predicted octanol–water partition coefficient (Wildman–Crippen LogP) is 4.47. The van der Waals surface area contributed by atoms with Crippen molar-refractivity contribution < 1.29 is 22.9 Å². The fourth-order valence-electron chi connectivity index (χ4n) is 4.32. The third-order valence-electron chi connectivity index (χ3n) is 6.72. The quantitative estimate of drug-likeness (QED) is 0.105. The SMILES string of the molecule is N#Cc1ccc(COc2ccc(C[C@H](N)C(=O)NS(=O)(=O)c3ccc(NCCCc4ccccc4)c([N+](=O)[O-])c3)cc2)cc1. The zero-order valence-corrected chi connectivity index (χ0v) is 24.5. The fourth-order valence-corrected chi connectivity index (χ4v) is 5.37. The fraction of sp³-hybridized carbons (Fsp3) is 0.188. The van der Waals surface area contributed by atoms with Gasteiger partial charge in [-0.25, -0.2) is 13.1 Å². The Balaban J connectivity index is 1.31. The second-order valence-electron chi connectivity index (χ2n) is 9.97. The minimum atomic E-state index is -4.43. The molecule has 0 unspecified atom stereocenters. The van der Waals surface area contributed by atoms with Crippen molar-refractivity contribution in [1.29, 1.82) is 5.26 Å². The Kier molecular flexibility index (Phi) is 10.6. The van der Waals surface area contributed by atoms with Crippen molar-refractivity contribution in [3.63, 3.8) is 0 Å². The number of carbonyl (C=O) groups excluding carboxylic acids is 1. The van der Waals surface area contributed by atoms with E-state index in [0.717, 1.165) is 23.6 Å². The number of nitrogens with zero attached hydrogens (tertiary/aromatic N) is 2. The minimum Gasteiger partial charge on any atom is -0.489 e. The van der Waals surface area contributed by atoms with Gasteiger partial charge in [-0.1, -0.05) is 54.6 Å². The summed E-state index contributed by atoms with van der Waals surface area (Å²) >= 11 is 0. The highest BCUT2D eigenvalue weighted by Crippen LogP contribution is 2.28. The number of aryl methyl sites for hydroxylation is 1. The molecule has 11 nitrogen and oxygen atoms in total. The monoisotopic (exact) mass is 613 g/mol. The molecule has 0 spiro atoms.